The Bertz CT molecular complexity index is 1330. The van der Waals surface area contributed by atoms with Gasteiger partial charge in [-0.1, -0.05) is 72.8 Å². The summed E-state index contributed by atoms with van der Waals surface area (Å²) in [6.45, 7) is 4.24. The van der Waals surface area contributed by atoms with Crippen LogP contribution in [-0.2, 0) is 19.1 Å². The topological polar surface area (TPSA) is 90.4 Å². The molecule has 202 valence electrons. The van der Waals surface area contributed by atoms with E-state index in [1.807, 2.05) is 98.8 Å². The first-order chi connectivity index (χ1) is 18.9. The Kier molecular flexibility index (Phi) is 6.40. The van der Waals surface area contributed by atoms with E-state index in [1.54, 1.807) is 9.80 Å². The Hall–Kier alpha value is -3.75. The molecule has 0 radical (unpaired) electrons. The van der Waals surface area contributed by atoms with E-state index in [4.69, 9.17) is 4.74 Å². The van der Waals surface area contributed by atoms with Crippen molar-refractivity contribution >= 4 is 23.4 Å². The highest BCUT2D eigenvalue weighted by atomic mass is 16.5. The molecule has 2 fully saturated rings. The fourth-order valence-corrected chi connectivity index (χ4v) is 6.76. The Balaban J connectivity index is 1.50. The summed E-state index contributed by atoms with van der Waals surface area (Å²) in [5.74, 6) is -2.54. The number of ether oxygens (including phenoxy) is 1. The minimum Gasteiger partial charge on any atom is -0.394 e. The number of nitrogens with zero attached hydrogens (tertiary/aromatic N) is 3. The molecule has 6 rings (SSSR count). The van der Waals surface area contributed by atoms with E-state index < -0.39 is 35.6 Å². The molecule has 0 aliphatic carbocycles. The molecule has 1 spiro atoms. The fourth-order valence-electron chi connectivity index (χ4n) is 6.76. The van der Waals surface area contributed by atoms with E-state index in [1.165, 1.54) is 4.90 Å². The van der Waals surface area contributed by atoms with Crippen molar-refractivity contribution in [3.05, 3.63) is 90.5 Å². The van der Waals surface area contributed by atoms with Crippen LogP contribution >= 0.6 is 0 Å². The van der Waals surface area contributed by atoms with Gasteiger partial charge in [-0.25, -0.2) is 0 Å². The maximum Gasteiger partial charge on any atom is 0.249 e. The zero-order valence-electron chi connectivity index (χ0n) is 22.1. The molecule has 8 heteroatoms. The molecular weight excluding hydrogens is 494 g/mol. The van der Waals surface area contributed by atoms with E-state index in [0.717, 1.165) is 11.3 Å². The monoisotopic (exact) mass is 527 g/mol. The molecule has 0 saturated carbocycles. The van der Waals surface area contributed by atoms with Crippen LogP contribution in [0.1, 0.15) is 25.5 Å². The number of fused-ring (bicyclic) bond motifs is 2. The highest BCUT2D eigenvalue weighted by Gasteiger charge is 2.72. The first-order valence-electron chi connectivity index (χ1n) is 13.6. The Labute approximate surface area is 228 Å². The molecule has 1 N–H and O–H groups in total. The first kappa shape index (κ1) is 25.5. The van der Waals surface area contributed by atoms with Crippen molar-refractivity contribution in [3.8, 4) is 0 Å². The molecule has 8 nitrogen and oxygen atoms in total. The van der Waals surface area contributed by atoms with Gasteiger partial charge in [0.25, 0.3) is 0 Å². The molecule has 2 aromatic carbocycles. The molecule has 4 heterocycles. The number of anilines is 1. The molecule has 3 amide bonds. The van der Waals surface area contributed by atoms with Gasteiger partial charge in [0.15, 0.2) is 0 Å². The number of amides is 3. The average Bonchev–Trinajstić information content (AvgIpc) is 3.25. The number of hydrogen-bond acceptors (Lipinski definition) is 5. The standard InChI is InChI=1S/C31H33N3O5/c1-20(2)32-18-10-16-31-26(25-24(39-31)15-9-17-33(28(25)36)22-13-7-4-8-14-22)29(37)34(27(31)30(32)38)23(19-35)21-11-5-3-6-12-21/h3-16,20,23-27,35H,17-19H2,1-2H3/t23-,24+,25-,26+,27?,31+/m1/s1. The van der Waals surface area contributed by atoms with Crippen LogP contribution in [0, 0.1) is 11.8 Å². The van der Waals surface area contributed by atoms with Crippen molar-refractivity contribution in [2.45, 2.75) is 43.7 Å². The summed E-state index contributed by atoms with van der Waals surface area (Å²) in [4.78, 5) is 47.9. The average molecular weight is 528 g/mol. The van der Waals surface area contributed by atoms with Gasteiger partial charge >= 0.3 is 0 Å². The highest BCUT2D eigenvalue weighted by molar-refractivity contribution is 6.04. The summed E-state index contributed by atoms with van der Waals surface area (Å²) in [5.41, 5.74) is 0.119. The maximum absolute atomic E-state index is 14.5. The zero-order chi connectivity index (χ0) is 27.3. The van der Waals surface area contributed by atoms with Crippen LogP contribution in [0.2, 0.25) is 0 Å². The number of likely N-dealkylation sites (tertiary alicyclic amines) is 1. The Morgan fingerprint density at radius 1 is 0.923 bits per heavy atom. The SMILES string of the molecule is CC(C)N1CC=C[C@]23O[C@H]4C=CCN(c5ccccc5)C(=O)[C@H]4[C@H]2C(=O)N([C@H](CO)c2ccccc2)C3C1=O. The molecule has 0 aromatic heterocycles. The number of carbonyl (C=O) groups excluding carboxylic acids is 3. The molecule has 6 atom stereocenters. The number of aliphatic hydroxyl groups excluding tert-OH is 1. The third-order valence-corrected chi connectivity index (χ3v) is 8.51. The van der Waals surface area contributed by atoms with Gasteiger partial charge in [-0.05, 0) is 31.5 Å². The summed E-state index contributed by atoms with van der Waals surface area (Å²) >= 11 is 0. The zero-order valence-corrected chi connectivity index (χ0v) is 22.1. The van der Waals surface area contributed by atoms with Crippen molar-refractivity contribution in [3.63, 3.8) is 0 Å². The third-order valence-electron chi connectivity index (χ3n) is 8.51. The van der Waals surface area contributed by atoms with Crippen molar-refractivity contribution < 1.29 is 24.2 Å². The van der Waals surface area contributed by atoms with Crippen molar-refractivity contribution in [1.82, 2.24) is 9.80 Å². The van der Waals surface area contributed by atoms with Crippen molar-refractivity contribution in [1.29, 1.82) is 0 Å². The largest absolute Gasteiger partial charge is 0.394 e. The van der Waals surface area contributed by atoms with Crippen LogP contribution in [-0.4, -0.2) is 76.1 Å². The van der Waals surface area contributed by atoms with Crippen LogP contribution in [0.25, 0.3) is 0 Å². The van der Waals surface area contributed by atoms with Crippen molar-refractivity contribution in [2.24, 2.45) is 11.8 Å². The summed E-state index contributed by atoms with van der Waals surface area (Å²) in [6, 6.07) is 16.7. The smallest absolute Gasteiger partial charge is 0.249 e. The normalized spacial score (nSPS) is 30.8. The minimum absolute atomic E-state index is 0.111. The number of rotatable bonds is 5. The van der Waals surface area contributed by atoms with E-state index >= 15 is 0 Å². The Morgan fingerprint density at radius 3 is 2.28 bits per heavy atom. The van der Waals surface area contributed by atoms with Crippen LogP contribution in [0.5, 0.6) is 0 Å². The minimum atomic E-state index is -1.34. The van der Waals surface area contributed by atoms with Gasteiger partial charge in [0.2, 0.25) is 17.7 Å². The lowest BCUT2D eigenvalue weighted by molar-refractivity contribution is -0.151. The second kappa shape index (κ2) is 9.77. The van der Waals surface area contributed by atoms with E-state index in [2.05, 4.69) is 0 Å². The van der Waals surface area contributed by atoms with Gasteiger partial charge in [0, 0.05) is 24.8 Å². The molecule has 2 saturated heterocycles. The quantitative estimate of drug-likeness (QED) is 0.604. The summed E-state index contributed by atoms with van der Waals surface area (Å²) in [5, 5.41) is 10.6. The molecule has 39 heavy (non-hydrogen) atoms. The number of hydrogen-bond donors (Lipinski definition) is 1. The number of para-hydroxylation sites is 1. The van der Waals surface area contributed by atoms with Crippen LogP contribution in [0.3, 0.4) is 0 Å². The lowest BCUT2D eigenvalue weighted by Gasteiger charge is -2.39. The van der Waals surface area contributed by atoms with Crippen LogP contribution in [0.4, 0.5) is 5.69 Å². The number of aliphatic hydroxyl groups is 1. The van der Waals surface area contributed by atoms with Gasteiger partial charge in [-0.2, -0.15) is 0 Å². The van der Waals surface area contributed by atoms with Crippen LogP contribution < -0.4 is 4.90 Å². The lowest BCUT2D eigenvalue weighted by Crippen LogP contribution is -2.57. The van der Waals surface area contributed by atoms with Gasteiger partial charge in [0.1, 0.15) is 11.6 Å². The maximum atomic E-state index is 14.5. The van der Waals surface area contributed by atoms with Gasteiger partial charge in [-0.3, -0.25) is 14.4 Å². The molecule has 2 aromatic rings. The van der Waals surface area contributed by atoms with E-state index in [9.17, 15) is 19.5 Å². The first-order valence-corrected chi connectivity index (χ1v) is 13.6. The highest BCUT2D eigenvalue weighted by Crippen LogP contribution is 2.55. The van der Waals surface area contributed by atoms with E-state index in [0.29, 0.717) is 13.1 Å². The molecule has 1 unspecified atom stereocenters. The Morgan fingerprint density at radius 2 is 1.62 bits per heavy atom. The molecule has 4 aliphatic heterocycles. The summed E-state index contributed by atoms with van der Waals surface area (Å²) in [6.07, 6.45) is 6.82. The predicted molar refractivity (Wildman–Crippen MR) is 145 cm³/mol. The van der Waals surface area contributed by atoms with Gasteiger partial charge in [0.05, 0.1) is 30.6 Å². The summed E-state index contributed by atoms with van der Waals surface area (Å²) < 4.78 is 6.71. The van der Waals surface area contributed by atoms with Crippen LogP contribution in [0.15, 0.2) is 85.0 Å². The predicted octanol–water partition coefficient (Wildman–Crippen LogP) is 2.71. The number of benzene rings is 2. The second-order valence-electron chi connectivity index (χ2n) is 10.9. The molecular formula is C31H33N3O5. The second-order valence-corrected chi connectivity index (χ2v) is 10.9. The summed E-state index contributed by atoms with van der Waals surface area (Å²) in [7, 11) is 0. The van der Waals surface area contributed by atoms with Gasteiger partial charge < -0.3 is 24.5 Å². The molecule has 0 bridgehead atoms. The van der Waals surface area contributed by atoms with Gasteiger partial charge in [-0.15, -0.1) is 0 Å². The third kappa shape index (κ3) is 3.85. The number of carbonyl (C=O) groups is 3. The molecule has 4 aliphatic rings. The van der Waals surface area contributed by atoms with E-state index in [-0.39, 0.29) is 30.4 Å². The van der Waals surface area contributed by atoms with Crippen molar-refractivity contribution in [2.75, 3.05) is 24.6 Å². The lowest BCUT2D eigenvalue weighted by atomic mass is 9.77. The fraction of sp³-hybridized carbons (Fsp3) is 0.387.